The molecular weight excluding hydrogens is 330 g/mol. The maximum Gasteiger partial charge on any atom is 0.178 e. The Morgan fingerprint density at radius 2 is 2.17 bits per heavy atom. The van der Waals surface area contributed by atoms with Gasteiger partial charge in [0.15, 0.2) is 4.34 Å². The first-order chi connectivity index (χ1) is 11.3. The van der Waals surface area contributed by atoms with Crippen LogP contribution in [0, 0.1) is 0 Å². The van der Waals surface area contributed by atoms with Crippen molar-refractivity contribution in [2.75, 3.05) is 0 Å². The molecule has 0 radical (unpaired) electrons. The molecule has 0 atom stereocenters. The van der Waals surface area contributed by atoms with Crippen LogP contribution in [-0.4, -0.2) is 31.6 Å². The molecule has 3 aromatic heterocycles. The molecule has 23 heavy (non-hydrogen) atoms. The first-order valence-electron chi connectivity index (χ1n) is 6.65. The van der Waals surface area contributed by atoms with Gasteiger partial charge in [-0.25, -0.2) is 4.98 Å². The fraction of sp³-hybridized carbons (Fsp3) is 0. The molecule has 8 heteroatoms. The van der Waals surface area contributed by atoms with E-state index in [2.05, 4.69) is 25.3 Å². The quantitative estimate of drug-likeness (QED) is 0.266. The summed E-state index contributed by atoms with van der Waals surface area (Å²) in [5, 5.41) is 21.8. The second kappa shape index (κ2) is 5.90. The van der Waals surface area contributed by atoms with Gasteiger partial charge in [0.25, 0.3) is 0 Å². The summed E-state index contributed by atoms with van der Waals surface area (Å²) in [5.74, 6) is 0. The summed E-state index contributed by atoms with van der Waals surface area (Å²) in [5.41, 5.74) is 3.84. The highest BCUT2D eigenvalue weighted by atomic mass is 32.2. The molecule has 1 N–H and O–H groups in total. The first kappa shape index (κ1) is 14.0. The Hall–Kier alpha value is -2.58. The number of rotatable bonds is 3. The lowest BCUT2D eigenvalue weighted by molar-refractivity contribution is 0.321. The molecule has 4 aromatic rings. The molecule has 4 rings (SSSR count). The zero-order valence-electron chi connectivity index (χ0n) is 11.6. The lowest BCUT2D eigenvalue weighted by Gasteiger charge is -2.08. The smallest absolute Gasteiger partial charge is 0.178 e. The predicted octanol–water partition coefficient (Wildman–Crippen LogP) is 3.59. The van der Waals surface area contributed by atoms with Gasteiger partial charge in [-0.05, 0) is 12.1 Å². The highest BCUT2D eigenvalue weighted by Gasteiger charge is 2.12. The highest BCUT2D eigenvalue weighted by molar-refractivity contribution is 8.01. The maximum atomic E-state index is 8.84. The van der Waals surface area contributed by atoms with Crippen LogP contribution >= 0.6 is 23.1 Å². The van der Waals surface area contributed by atoms with Gasteiger partial charge in [-0.1, -0.05) is 46.5 Å². The lowest BCUT2D eigenvalue weighted by Crippen LogP contribution is -1.93. The van der Waals surface area contributed by atoms with Gasteiger partial charge in [0, 0.05) is 21.9 Å². The Labute approximate surface area is 138 Å². The minimum absolute atomic E-state index is 0.560. The average Bonchev–Trinajstić information content (AvgIpc) is 3.08. The molecule has 3 heterocycles. The van der Waals surface area contributed by atoms with E-state index in [0.29, 0.717) is 5.69 Å². The monoisotopic (exact) mass is 339 g/mol. The van der Waals surface area contributed by atoms with Crippen molar-refractivity contribution in [3.63, 3.8) is 0 Å². The molecule has 0 aliphatic heterocycles. The largest absolute Gasteiger partial charge is 0.411 e. The van der Waals surface area contributed by atoms with E-state index in [4.69, 9.17) is 5.21 Å². The van der Waals surface area contributed by atoms with Crippen LogP contribution in [0.15, 0.2) is 56.4 Å². The van der Waals surface area contributed by atoms with Crippen LogP contribution < -0.4 is 0 Å². The third kappa shape index (κ3) is 2.62. The second-order valence-corrected chi connectivity index (χ2v) is 6.76. The van der Waals surface area contributed by atoms with Crippen molar-refractivity contribution < 1.29 is 5.21 Å². The summed E-state index contributed by atoms with van der Waals surface area (Å²) in [6.07, 6.45) is 3.05. The van der Waals surface area contributed by atoms with Gasteiger partial charge in [0.1, 0.15) is 5.51 Å². The SMILES string of the molecule is O/N=C/c1cc(Sc2nncs2)c2ccc3cccnc3c2n1. The minimum Gasteiger partial charge on any atom is -0.411 e. The normalized spacial score (nSPS) is 11.7. The standard InChI is InChI=1S/C15H9N5OS2/c21-18-7-10-6-12(23-15-20-17-8-22-15)11-4-3-9-2-1-5-16-13(9)14(11)19-10/h1-8,21H/b18-7+. The van der Waals surface area contributed by atoms with E-state index >= 15 is 0 Å². The fourth-order valence-electron chi connectivity index (χ4n) is 2.33. The van der Waals surface area contributed by atoms with Crippen LogP contribution in [0.3, 0.4) is 0 Å². The summed E-state index contributed by atoms with van der Waals surface area (Å²) >= 11 is 2.98. The van der Waals surface area contributed by atoms with Crippen molar-refractivity contribution in [2.45, 2.75) is 9.24 Å². The van der Waals surface area contributed by atoms with E-state index in [9.17, 15) is 0 Å². The molecule has 112 valence electrons. The van der Waals surface area contributed by atoms with Gasteiger partial charge in [-0.15, -0.1) is 10.2 Å². The summed E-state index contributed by atoms with van der Waals surface area (Å²) in [4.78, 5) is 9.98. The van der Waals surface area contributed by atoms with Crippen LogP contribution in [0.2, 0.25) is 0 Å². The molecule has 0 amide bonds. The number of pyridine rings is 2. The lowest BCUT2D eigenvalue weighted by atomic mass is 10.1. The van der Waals surface area contributed by atoms with Crippen LogP contribution in [0.25, 0.3) is 21.8 Å². The number of nitrogens with zero attached hydrogens (tertiary/aromatic N) is 5. The van der Waals surface area contributed by atoms with E-state index in [1.807, 2.05) is 30.3 Å². The van der Waals surface area contributed by atoms with Crippen molar-refractivity contribution in [1.82, 2.24) is 20.2 Å². The summed E-state index contributed by atoms with van der Waals surface area (Å²) in [7, 11) is 0. The van der Waals surface area contributed by atoms with E-state index in [0.717, 1.165) is 31.0 Å². The van der Waals surface area contributed by atoms with Crippen molar-refractivity contribution in [3.05, 3.63) is 47.7 Å². The van der Waals surface area contributed by atoms with E-state index in [-0.39, 0.29) is 0 Å². The van der Waals surface area contributed by atoms with Crippen molar-refractivity contribution in [3.8, 4) is 0 Å². The number of fused-ring (bicyclic) bond motifs is 3. The Morgan fingerprint density at radius 1 is 1.22 bits per heavy atom. The van der Waals surface area contributed by atoms with Crippen LogP contribution in [0.1, 0.15) is 5.69 Å². The number of benzene rings is 1. The zero-order valence-corrected chi connectivity index (χ0v) is 13.3. The Bertz CT molecular complexity index is 1020. The summed E-state index contributed by atoms with van der Waals surface area (Å²) in [6, 6.07) is 9.80. The molecule has 0 saturated heterocycles. The molecular formula is C15H9N5OS2. The second-order valence-electron chi connectivity index (χ2n) is 4.63. The topological polar surface area (TPSA) is 84.2 Å². The number of hydrogen-bond donors (Lipinski definition) is 1. The van der Waals surface area contributed by atoms with E-state index in [1.165, 1.54) is 29.3 Å². The van der Waals surface area contributed by atoms with Crippen LogP contribution in [0.4, 0.5) is 0 Å². The van der Waals surface area contributed by atoms with Crippen LogP contribution in [-0.2, 0) is 0 Å². The fourth-order valence-corrected chi connectivity index (χ4v) is 3.93. The predicted molar refractivity (Wildman–Crippen MR) is 90.5 cm³/mol. The van der Waals surface area contributed by atoms with Gasteiger partial charge in [0.2, 0.25) is 0 Å². The molecule has 6 nitrogen and oxygen atoms in total. The van der Waals surface area contributed by atoms with Crippen molar-refractivity contribution in [1.29, 1.82) is 0 Å². The van der Waals surface area contributed by atoms with Gasteiger partial charge in [-0.3, -0.25) is 4.98 Å². The molecule has 0 aliphatic carbocycles. The Morgan fingerprint density at radius 3 is 3.00 bits per heavy atom. The first-order valence-corrected chi connectivity index (χ1v) is 8.35. The molecule has 1 aromatic carbocycles. The highest BCUT2D eigenvalue weighted by Crippen LogP contribution is 2.35. The molecule has 0 unspecified atom stereocenters. The van der Waals surface area contributed by atoms with Gasteiger partial charge >= 0.3 is 0 Å². The third-order valence-corrected chi connectivity index (χ3v) is 5.10. The van der Waals surface area contributed by atoms with Crippen LogP contribution in [0.5, 0.6) is 0 Å². The molecule has 0 aliphatic rings. The van der Waals surface area contributed by atoms with Crippen molar-refractivity contribution >= 4 is 51.1 Å². The Kier molecular flexibility index (Phi) is 3.60. The molecule has 0 saturated carbocycles. The molecule has 0 spiro atoms. The summed E-state index contributed by atoms with van der Waals surface area (Å²) < 4.78 is 0.838. The van der Waals surface area contributed by atoms with Gasteiger partial charge in [-0.2, -0.15) is 0 Å². The Balaban J connectivity index is 2.01. The zero-order chi connectivity index (χ0) is 15.6. The molecule has 0 fully saturated rings. The number of aromatic nitrogens is 4. The average molecular weight is 339 g/mol. The minimum atomic E-state index is 0.560. The van der Waals surface area contributed by atoms with Crippen molar-refractivity contribution in [2.24, 2.45) is 5.16 Å². The third-order valence-electron chi connectivity index (χ3n) is 3.26. The summed E-state index contributed by atoms with van der Waals surface area (Å²) in [6.45, 7) is 0. The van der Waals surface area contributed by atoms with Gasteiger partial charge in [0.05, 0.1) is 22.9 Å². The number of oxime groups is 1. The van der Waals surface area contributed by atoms with E-state index < -0.39 is 0 Å². The maximum absolute atomic E-state index is 8.84. The number of hydrogen-bond acceptors (Lipinski definition) is 8. The van der Waals surface area contributed by atoms with Gasteiger partial charge < -0.3 is 5.21 Å². The van der Waals surface area contributed by atoms with E-state index in [1.54, 1.807) is 11.7 Å². The molecule has 0 bridgehead atoms.